The Morgan fingerprint density at radius 1 is 1.17 bits per heavy atom. The molecule has 1 aromatic heterocycles. The molecule has 0 aliphatic heterocycles. The first-order chi connectivity index (χ1) is 11.8. The average Bonchev–Trinajstić information content (AvgIpc) is 3.03. The second-order valence-electron chi connectivity index (χ2n) is 6.01. The van der Waals surface area contributed by atoms with Gasteiger partial charge in [-0.05, 0) is 48.6 Å². The molecule has 0 bridgehead atoms. The lowest BCUT2D eigenvalue weighted by molar-refractivity contribution is -0.117. The summed E-state index contributed by atoms with van der Waals surface area (Å²) in [6.45, 7) is 0. The third-order valence-corrected chi connectivity index (χ3v) is 5.38. The molecule has 0 spiro atoms. The van der Waals surface area contributed by atoms with Gasteiger partial charge in [-0.1, -0.05) is 36.4 Å². The highest BCUT2D eigenvalue weighted by Gasteiger charge is 2.20. The third-order valence-electron chi connectivity index (χ3n) is 4.37. The van der Waals surface area contributed by atoms with Crippen molar-refractivity contribution in [3.05, 3.63) is 70.7 Å². The number of rotatable bonds is 3. The Morgan fingerprint density at radius 2 is 2.00 bits per heavy atom. The van der Waals surface area contributed by atoms with Gasteiger partial charge in [0.15, 0.2) is 0 Å². The molecule has 0 saturated heterocycles. The van der Waals surface area contributed by atoms with Crippen LogP contribution in [0.25, 0.3) is 16.3 Å². The predicted molar refractivity (Wildman–Crippen MR) is 98.9 cm³/mol. The molecular formula is C20H18N2OS. The number of hydrogen-bond acceptors (Lipinski definition) is 3. The van der Waals surface area contributed by atoms with Crippen LogP contribution in [0, 0.1) is 0 Å². The fourth-order valence-electron chi connectivity index (χ4n) is 3.23. The maximum Gasteiger partial charge on any atom is 0.244 e. The van der Waals surface area contributed by atoms with Crippen molar-refractivity contribution < 1.29 is 4.79 Å². The first-order valence-electron chi connectivity index (χ1n) is 8.21. The topological polar surface area (TPSA) is 42.0 Å². The van der Waals surface area contributed by atoms with E-state index in [1.165, 1.54) is 11.1 Å². The van der Waals surface area contributed by atoms with E-state index in [9.17, 15) is 4.79 Å². The van der Waals surface area contributed by atoms with Gasteiger partial charge in [-0.25, -0.2) is 4.98 Å². The van der Waals surface area contributed by atoms with E-state index < -0.39 is 0 Å². The Kier molecular flexibility index (Phi) is 4.13. The van der Waals surface area contributed by atoms with Crippen molar-refractivity contribution in [1.29, 1.82) is 0 Å². The zero-order chi connectivity index (χ0) is 16.4. The molecule has 3 nitrogen and oxygen atoms in total. The first kappa shape index (κ1) is 15.1. The summed E-state index contributed by atoms with van der Waals surface area (Å²) in [5.74, 6) is -0.0593. The van der Waals surface area contributed by atoms with E-state index >= 15 is 0 Å². The summed E-state index contributed by atoms with van der Waals surface area (Å²) in [7, 11) is 0. The monoisotopic (exact) mass is 334 g/mol. The zero-order valence-electron chi connectivity index (χ0n) is 13.2. The second-order valence-corrected chi connectivity index (χ2v) is 7.07. The van der Waals surface area contributed by atoms with Crippen LogP contribution in [0.5, 0.6) is 0 Å². The summed E-state index contributed by atoms with van der Waals surface area (Å²) in [5.41, 5.74) is 3.58. The number of amides is 1. The molecule has 1 atom stereocenters. The number of aryl methyl sites for hydroxylation is 1. The predicted octanol–water partition coefficient (Wildman–Crippen LogP) is 4.50. The van der Waals surface area contributed by atoms with Gasteiger partial charge < -0.3 is 5.32 Å². The van der Waals surface area contributed by atoms with Crippen molar-refractivity contribution in [3.8, 4) is 0 Å². The maximum atomic E-state index is 12.3. The molecule has 4 rings (SSSR count). The molecule has 1 aliphatic rings. The lowest BCUT2D eigenvalue weighted by Gasteiger charge is -2.25. The van der Waals surface area contributed by atoms with Crippen LogP contribution in [0.4, 0.5) is 0 Å². The van der Waals surface area contributed by atoms with Crippen LogP contribution in [-0.2, 0) is 11.2 Å². The Hall–Kier alpha value is -2.46. The number of carbonyl (C=O) groups is 1. The molecule has 1 N–H and O–H groups in total. The van der Waals surface area contributed by atoms with E-state index in [-0.39, 0.29) is 11.9 Å². The molecule has 0 saturated carbocycles. The van der Waals surface area contributed by atoms with Crippen molar-refractivity contribution in [2.24, 2.45) is 0 Å². The highest BCUT2D eigenvalue weighted by molar-refractivity contribution is 7.19. The Morgan fingerprint density at radius 3 is 2.92 bits per heavy atom. The Balaban J connectivity index is 1.47. The van der Waals surface area contributed by atoms with Gasteiger partial charge in [-0.2, -0.15) is 0 Å². The summed E-state index contributed by atoms with van der Waals surface area (Å²) >= 11 is 1.60. The molecule has 2 aromatic carbocycles. The number of aromatic nitrogens is 1. The fraction of sp³-hybridized carbons (Fsp3) is 0.200. The maximum absolute atomic E-state index is 12.3. The number of benzene rings is 2. The molecule has 24 heavy (non-hydrogen) atoms. The van der Waals surface area contributed by atoms with Gasteiger partial charge in [0.2, 0.25) is 5.91 Å². The van der Waals surface area contributed by atoms with Crippen molar-refractivity contribution in [2.45, 2.75) is 25.3 Å². The zero-order valence-corrected chi connectivity index (χ0v) is 14.1. The van der Waals surface area contributed by atoms with Crippen LogP contribution < -0.4 is 5.32 Å². The number of para-hydroxylation sites is 1. The van der Waals surface area contributed by atoms with Crippen molar-refractivity contribution >= 4 is 33.5 Å². The van der Waals surface area contributed by atoms with Gasteiger partial charge in [0, 0.05) is 6.08 Å². The molecule has 0 unspecified atom stereocenters. The number of fused-ring (bicyclic) bond motifs is 2. The van der Waals surface area contributed by atoms with Gasteiger partial charge in [0.25, 0.3) is 0 Å². The number of nitrogens with zero attached hydrogens (tertiary/aromatic N) is 1. The van der Waals surface area contributed by atoms with E-state index in [1.54, 1.807) is 23.5 Å². The minimum atomic E-state index is -0.0593. The van der Waals surface area contributed by atoms with Crippen LogP contribution in [0.3, 0.4) is 0 Å². The first-order valence-corrected chi connectivity index (χ1v) is 9.03. The summed E-state index contributed by atoms with van der Waals surface area (Å²) in [6, 6.07) is 16.5. The van der Waals surface area contributed by atoms with E-state index in [2.05, 4.69) is 28.5 Å². The van der Waals surface area contributed by atoms with Crippen LogP contribution in [-0.4, -0.2) is 10.9 Å². The number of carbonyl (C=O) groups excluding carboxylic acids is 1. The molecule has 1 amide bonds. The molecular weight excluding hydrogens is 316 g/mol. The average molecular weight is 334 g/mol. The quantitative estimate of drug-likeness (QED) is 0.716. The van der Waals surface area contributed by atoms with Gasteiger partial charge in [0.1, 0.15) is 5.01 Å². The normalized spacial score (nSPS) is 17.1. The highest BCUT2D eigenvalue weighted by atomic mass is 32.1. The molecule has 0 fully saturated rings. The minimum Gasteiger partial charge on any atom is -0.346 e. The van der Waals surface area contributed by atoms with Crippen LogP contribution in [0.1, 0.15) is 35.0 Å². The largest absolute Gasteiger partial charge is 0.346 e. The third kappa shape index (κ3) is 3.10. The SMILES string of the molecule is O=C(/C=C/c1nc2ccccc2s1)N[C@H]1CCCc2ccccc21. The molecule has 0 radical (unpaired) electrons. The van der Waals surface area contributed by atoms with Crippen LogP contribution in [0.2, 0.25) is 0 Å². The van der Waals surface area contributed by atoms with Crippen molar-refractivity contribution in [2.75, 3.05) is 0 Å². The van der Waals surface area contributed by atoms with E-state index in [0.29, 0.717) is 0 Å². The van der Waals surface area contributed by atoms with Gasteiger partial charge >= 0.3 is 0 Å². The van der Waals surface area contributed by atoms with E-state index in [4.69, 9.17) is 0 Å². The Labute approximate surface area is 145 Å². The van der Waals surface area contributed by atoms with Crippen molar-refractivity contribution in [1.82, 2.24) is 10.3 Å². The minimum absolute atomic E-state index is 0.0593. The molecule has 1 heterocycles. The van der Waals surface area contributed by atoms with Crippen LogP contribution >= 0.6 is 11.3 Å². The van der Waals surface area contributed by atoms with Gasteiger partial charge in [-0.3, -0.25) is 4.79 Å². The summed E-state index contributed by atoms with van der Waals surface area (Å²) in [6.07, 6.45) is 6.61. The lowest BCUT2D eigenvalue weighted by Crippen LogP contribution is -2.29. The van der Waals surface area contributed by atoms with Gasteiger partial charge in [-0.15, -0.1) is 11.3 Å². The molecule has 4 heteroatoms. The van der Waals surface area contributed by atoms with Crippen LogP contribution in [0.15, 0.2) is 54.6 Å². The standard InChI is InChI=1S/C20H18N2OS/c23-19(12-13-20-22-17-9-3-4-11-18(17)24-20)21-16-10-5-7-14-6-1-2-8-15(14)16/h1-4,6,8-9,11-13,16H,5,7,10H2,(H,21,23)/b13-12+/t16-/m0/s1. The summed E-state index contributed by atoms with van der Waals surface area (Å²) in [5, 5.41) is 3.99. The lowest BCUT2D eigenvalue weighted by atomic mass is 9.88. The fourth-order valence-corrected chi connectivity index (χ4v) is 4.10. The van der Waals surface area contributed by atoms with E-state index in [1.807, 2.05) is 30.3 Å². The molecule has 120 valence electrons. The molecule has 3 aromatic rings. The summed E-state index contributed by atoms with van der Waals surface area (Å²) in [4.78, 5) is 16.8. The number of thiazole rings is 1. The second kappa shape index (κ2) is 6.57. The van der Waals surface area contributed by atoms with Crippen molar-refractivity contribution in [3.63, 3.8) is 0 Å². The van der Waals surface area contributed by atoms with E-state index in [0.717, 1.165) is 34.5 Å². The Bertz CT molecular complexity index is 880. The van der Waals surface area contributed by atoms with Gasteiger partial charge in [0.05, 0.1) is 16.3 Å². The highest BCUT2D eigenvalue weighted by Crippen LogP contribution is 2.29. The molecule has 1 aliphatic carbocycles. The summed E-state index contributed by atoms with van der Waals surface area (Å²) < 4.78 is 1.14. The smallest absolute Gasteiger partial charge is 0.244 e. The number of nitrogens with one attached hydrogen (secondary N) is 1. The number of hydrogen-bond donors (Lipinski definition) is 1.